The molecule has 19 heavy (non-hydrogen) atoms. The van der Waals surface area contributed by atoms with Gasteiger partial charge in [0, 0.05) is 6.04 Å². The van der Waals surface area contributed by atoms with Crippen molar-refractivity contribution in [1.82, 2.24) is 15.5 Å². The van der Waals surface area contributed by atoms with E-state index in [9.17, 15) is 9.59 Å². The van der Waals surface area contributed by atoms with Crippen LogP contribution in [0.4, 0.5) is 0 Å². The number of carbonyl (C=O) groups is 2. The highest BCUT2D eigenvalue weighted by Gasteiger charge is 2.25. The van der Waals surface area contributed by atoms with Crippen molar-refractivity contribution < 1.29 is 9.59 Å². The zero-order valence-electron chi connectivity index (χ0n) is 12.7. The predicted molar refractivity (Wildman–Crippen MR) is 76.6 cm³/mol. The van der Waals surface area contributed by atoms with Crippen molar-refractivity contribution in [1.29, 1.82) is 0 Å². The first kappa shape index (κ1) is 17.9. The lowest BCUT2D eigenvalue weighted by Crippen LogP contribution is -2.49. The number of rotatable bonds is 7. The predicted octanol–water partition coefficient (Wildman–Crippen LogP) is -0.456. The molecular weight excluding hydrogens is 244 g/mol. The molecule has 1 atom stereocenters. The van der Waals surface area contributed by atoms with E-state index >= 15 is 0 Å². The Morgan fingerprint density at radius 1 is 1.21 bits per heavy atom. The number of amides is 2. The van der Waals surface area contributed by atoms with E-state index < -0.39 is 0 Å². The van der Waals surface area contributed by atoms with Gasteiger partial charge in [0.2, 0.25) is 11.8 Å². The summed E-state index contributed by atoms with van der Waals surface area (Å²) >= 11 is 0. The Labute approximate surface area is 116 Å². The SMILES string of the molecule is CN(C)CCC(NC(=O)CNC(=O)CN)C(C)(C)C. The highest BCUT2D eigenvalue weighted by atomic mass is 16.2. The van der Waals surface area contributed by atoms with Gasteiger partial charge >= 0.3 is 0 Å². The molecule has 0 aromatic carbocycles. The first-order valence-corrected chi connectivity index (χ1v) is 6.57. The lowest BCUT2D eigenvalue weighted by Gasteiger charge is -2.32. The summed E-state index contributed by atoms with van der Waals surface area (Å²) in [4.78, 5) is 24.9. The molecule has 0 saturated heterocycles. The molecule has 2 amide bonds. The van der Waals surface area contributed by atoms with Crippen LogP contribution < -0.4 is 16.4 Å². The number of nitrogens with zero attached hydrogens (tertiary/aromatic N) is 1. The molecule has 0 bridgehead atoms. The fraction of sp³-hybridized carbons (Fsp3) is 0.846. The summed E-state index contributed by atoms with van der Waals surface area (Å²) in [6.07, 6.45) is 0.868. The third-order valence-electron chi connectivity index (χ3n) is 2.88. The van der Waals surface area contributed by atoms with Gasteiger partial charge in [-0.2, -0.15) is 0 Å². The molecule has 0 aliphatic carbocycles. The Bertz CT molecular complexity index is 298. The summed E-state index contributed by atoms with van der Waals surface area (Å²) in [5.74, 6) is -0.503. The molecule has 0 fully saturated rings. The van der Waals surface area contributed by atoms with Gasteiger partial charge in [-0.05, 0) is 32.5 Å². The molecule has 0 aliphatic rings. The van der Waals surface area contributed by atoms with Gasteiger partial charge in [-0.1, -0.05) is 20.8 Å². The van der Waals surface area contributed by atoms with Crippen molar-refractivity contribution in [2.75, 3.05) is 33.7 Å². The summed E-state index contributed by atoms with van der Waals surface area (Å²) in [5.41, 5.74) is 5.14. The quantitative estimate of drug-likeness (QED) is 0.585. The van der Waals surface area contributed by atoms with Gasteiger partial charge in [-0.15, -0.1) is 0 Å². The molecule has 112 valence electrons. The van der Waals surface area contributed by atoms with Crippen LogP contribution in [0.2, 0.25) is 0 Å². The molecule has 1 unspecified atom stereocenters. The van der Waals surface area contributed by atoms with Crippen LogP contribution in [0.15, 0.2) is 0 Å². The molecule has 6 nitrogen and oxygen atoms in total. The molecule has 0 aliphatic heterocycles. The lowest BCUT2D eigenvalue weighted by atomic mass is 9.84. The van der Waals surface area contributed by atoms with Crippen LogP contribution in [0.5, 0.6) is 0 Å². The van der Waals surface area contributed by atoms with Crippen LogP contribution in [-0.2, 0) is 9.59 Å². The van der Waals surface area contributed by atoms with E-state index in [0.29, 0.717) is 0 Å². The van der Waals surface area contributed by atoms with Gasteiger partial charge in [0.1, 0.15) is 0 Å². The van der Waals surface area contributed by atoms with Gasteiger partial charge in [0.25, 0.3) is 0 Å². The third-order valence-corrected chi connectivity index (χ3v) is 2.88. The Balaban J connectivity index is 4.31. The largest absolute Gasteiger partial charge is 0.351 e. The zero-order chi connectivity index (χ0) is 15.1. The molecule has 0 aromatic heterocycles. The minimum absolute atomic E-state index is 0.0232. The Morgan fingerprint density at radius 3 is 2.21 bits per heavy atom. The fourth-order valence-electron chi connectivity index (χ4n) is 1.61. The molecule has 0 aromatic rings. The Morgan fingerprint density at radius 2 is 1.79 bits per heavy atom. The van der Waals surface area contributed by atoms with Gasteiger partial charge in [-0.3, -0.25) is 9.59 Å². The molecule has 0 heterocycles. The topological polar surface area (TPSA) is 87.5 Å². The summed E-state index contributed by atoms with van der Waals surface area (Å²) < 4.78 is 0. The van der Waals surface area contributed by atoms with Gasteiger partial charge in [0.15, 0.2) is 0 Å². The maximum Gasteiger partial charge on any atom is 0.239 e. The first-order chi connectivity index (χ1) is 8.66. The zero-order valence-corrected chi connectivity index (χ0v) is 12.7. The minimum Gasteiger partial charge on any atom is -0.351 e. The number of carbonyl (C=O) groups excluding carboxylic acids is 2. The van der Waals surface area contributed by atoms with E-state index in [2.05, 4.69) is 36.3 Å². The summed E-state index contributed by atoms with van der Waals surface area (Å²) in [7, 11) is 4.01. The van der Waals surface area contributed by atoms with Gasteiger partial charge in [0.05, 0.1) is 13.1 Å². The highest BCUT2D eigenvalue weighted by molar-refractivity contribution is 5.85. The second-order valence-corrected chi connectivity index (χ2v) is 6.06. The second-order valence-electron chi connectivity index (χ2n) is 6.06. The van der Waals surface area contributed by atoms with Crippen molar-refractivity contribution in [2.45, 2.75) is 33.2 Å². The Hall–Kier alpha value is -1.14. The summed E-state index contributed by atoms with van der Waals surface area (Å²) in [6.45, 7) is 7.04. The van der Waals surface area contributed by atoms with Crippen molar-refractivity contribution in [3.05, 3.63) is 0 Å². The van der Waals surface area contributed by atoms with Crippen LogP contribution in [-0.4, -0.2) is 56.5 Å². The maximum atomic E-state index is 11.8. The van der Waals surface area contributed by atoms with E-state index in [1.165, 1.54) is 0 Å². The second kappa shape index (κ2) is 8.12. The smallest absolute Gasteiger partial charge is 0.239 e. The Kier molecular flexibility index (Phi) is 7.63. The van der Waals surface area contributed by atoms with Crippen LogP contribution >= 0.6 is 0 Å². The lowest BCUT2D eigenvalue weighted by molar-refractivity contribution is -0.126. The molecule has 0 saturated carbocycles. The van der Waals surface area contributed by atoms with E-state index in [1.54, 1.807) is 0 Å². The van der Waals surface area contributed by atoms with Crippen molar-refractivity contribution in [3.8, 4) is 0 Å². The molecule has 6 heteroatoms. The average Bonchev–Trinajstić information content (AvgIpc) is 2.29. The standard InChI is InChI=1S/C13H28N4O2/c1-13(2,3)10(6-7-17(4)5)16-12(19)9-15-11(18)8-14/h10H,6-9,14H2,1-5H3,(H,15,18)(H,16,19). The van der Waals surface area contributed by atoms with Gasteiger partial charge < -0.3 is 21.3 Å². The van der Waals surface area contributed by atoms with Gasteiger partial charge in [-0.25, -0.2) is 0 Å². The minimum atomic E-state index is -0.323. The summed E-state index contributed by atoms with van der Waals surface area (Å²) in [6, 6.07) is 0.0668. The van der Waals surface area contributed by atoms with E-state index in [0.717, 1.165) is 13.0 Å². The van der Waals surface area contributed by atoms with E-state index in [1.807, 2.05) is 14.1 Å². The monoisotopic (exact) mass is 272 g/mol. The van der Waals surface area contributed by atoms with E-state index in [-0.39, 0.29) is 36.4 Å². The fourth-order valence-corrected chi connectivity index (χ4v) is 1.61. The van der Waals surface area contributed by atoms with Crippen molar-refractivity contribution >= 4 is 11.8 Å². The number of nitrogens with one attached hydrogen (secondary N) is 2. The first-order valence-electron chi connectivity index (χ1n) is 6.57. The van der Waals surface area contributed by atoms with Crippen LogP contribution in [0.1, 0.15) is 27.2 Å². The van der Waals surface area contributed by atoms with E-state index in [4.69, 9.17) is 5.73 Å². The number of nitrogens with two attached hydrogens (primary N) is 1. The average molecular weight is 272 g/mol. The molecule has 0 rings (SSSR count). The number of hydrogen-bond donors (Lipinski definition) is 3. The third kappa shape index (κ3) is 8.56. The maximum absolute atomic E-state index is 11.8. The van der Waals surface area contributed by atoms with Crippen LogP contribution in [0.3, 0.4) is 0 Å². The molecule has 0 radical (unpaired) electrons. The molecule has 0 spiro atoms. The normalized spacial score (nSPS) is 13.2. The molecular formula is C13H28N4O2. The molecule has 4 N–H and O–H groups in total. The van der Waals surface area contributed by atoms with Crippen molar-refractivity contribution in [2.24, 2.45) is 11.1 Å². The number of hydrogen-bond acceptors (Lipinski definition) is 4. The van der Waals surface area contributed by atoms with Crippen LogP contribution in [0.25, 0.3) is 0 Å². The van der Waals surface area contributed by atoms with Crippen LogP contribution in [0, 0.1) is 5.41 Å². The highest BCUT2D eigenvalue weighted by Crippen LogP contribution is 2.21. The summed E-state index contributed by atoms with van der Waals surface area (Å²) in [5, 5.41) is 5.44. The van der Waals surface area contributed by atoms with Crippen molar-refractivity contribution in [3.63, 3.8) is 0 Å².